The van der Waals surface area contributed by atoms with Gasteiger partial charge in [0.2, 0.25) is 5.88 Å². The number of rotatable bonds is 5. The van der Waals surface area contributed by atoms with Crippen molar-refractivity contribution in [2.24, 2.45) is 0 Å². The van der Waals surface area contributed by atoms with E-state index in [2.05, 4.69) is 15.0 Å². The summed E-state index contributed by atoms with van der Waals surface area (Å²) in [5.41, 5.74) is 3.19. The lowest BCUT2D eigenvalue weighted by atomic mass is 9.69. The topological polar surface area (TPSA) is 111 Å². The molecule has 0 amide bonds. The number of aromatic amines is 1. The molecule has 10 heteroatoms. The van der Waals surface area contributed by atoms with Gasteiger partial charge in [0, 0.05) is 40.4 Å². The largest absolute Gasteiger partial charge is 0.435 e. The minimum Gasteiger partial charge on any atom is -0.435 e. The summed E-state index contributed by atoms with van der Waals surface area (Å²) < 4.78 is 46.2. The van der Waals surface area contributed by atoms with Crippen molar-refractivity contribution < 1.29 is 17.5 Å². The van der Waals surface area contributed by atoms with Crippen LogP contribution in [0.4, 0.5) is 4.39 Å². The maximum absolute atomic E-state index is 15.1. The Bertz CT molecular complexity index is 1800. The minimum absolute atomic E-state index is 0.124. The first-order valence-corrected chi connectivity index (χ1v) is 14.1. The number of para-hydroxylation sites is 1. The number of sulfone groups is 1. The number of hydrogen-bond acceptors (Lipinski definition) is 7. The lowest BCUT2D eigenvalue weighted by molar-refractivity contribution is 0.353. The zero-order valence-corrected chi connectivity index (χ0v) is 22.6. The fraction of sp³-hybridized carbons (Fsp3) is 0.241. The number of benzene rings is 2. The van der Waals surface area contributed by atoms with Gasteiger partial charge in [-0.15, -0.1) is 0 Å². The molecule has 3 aromatic heterocycles. The highest BCUT2D eigenvalue weighted by molar-refractivity contribution is 7.92. The smallest absolute Gasteiger partial charge is 0.223 e. The molecule has 0 saturated heterocycles. The molecule has 1 N–H and O–H groups in total. The van der Waals surface area contributed by atoms with E-state index in [4.69, 9.17) is 14.7 Å². The summed E-state index contributed by atoms with van der Waals surface area (Å²) in [6.45, 7) is 7.36. The Morgan fingerprint density at radius 3 is 2.41 bits per heavy atom. The zero-order chi connectivity index (χ0) is 27.5. The molecule has 4 heterocycles. The van der Waals surface area contributed by atoms with Crippen molar-refractivity contribution in [3.8, 4) is 22.9 Å². The predicted octanol–water partition coefficient (Wildman–Crippen LogP) is 5.95. The number of nitrogens with zero attached hydrogens (tertiary/aromatic N) is 4. The zero-order valence-electron chi connectivity index (χ0n) is 21.8. The van der Waals surface area contributed by atoms with Crippen molar-refractivity contribution in [1.82, 2.24) is 24.9 Å². The maximum atomic E-state index is 15.1. The predicted molar refractivity (Wildman–Crippen MR) is 145 cm³/mol. The van der Waals surface area contributed by atoms with Crippen LogP contribution in [0.2, 0.25) is 0 Å². The van der Waals surface area contributed by atoms with Crippen LogP contribution >= 0.6 is 0 Å². The van der Waals surface area contributed by atoms with Crippen molar-refractivity contribution in [3.63, 3.8) is 0 Å². The first-order valence-electron chi connectivity index (χ1n) is 12.6. The molecule has 0 saturated carbocycles. The van der Waals surface area contributed by atoms with Gasteiger partial charge in [-0.25, -0.2) is 32.7 Å². The highest BCUT2D eigenvalue weighted by Crippen LogP contribution is 2.52. The van der Waals surface area contributed by atoms with Crippen LogP contribution in [0.25, 0.3) is 22.6 Å². The Morgan fingerprint density at radius 1 is 0.949 bits per heavy atom. The summed E-state index contributed by atoms with van der Waals surface area (Å²) >= 11 is 0. The van der Waals surface area contributed by atoms with Gasteiger partial charge in [-0.2, -0.15) is 0 Å². The molecule has 198 valence electrons. The second-order valence-electron chi connectivity index (χ2n) is 10.4. The van der Waals surface area contributed by atoms with E-state index in [1.165, 1.54) is 6.07 Å². The van der Waals surface area contributed by atoms with Crippen LogP contribution in [-0.2, 0) is 15.3 Å². The van der Waals surface area contributed by atoms with Crippen LogP contribution in [0, 0.1) is 5.82 Å². The quantitative estimate of drug-likeness (QED) is 0.292. The first kappa shape index (κ1) is 25.1. The number of nitrogens with one attached hydrogen (secondary N) is 1. The van der Waals surface area contributed by atoms with Crippen LogP contribution in [0.1, 0.15) is 50.6 Å². The van der Waals surface area contributed by atoms with Crippen molar-refractivity contribution in [2.75, 3.05) is 0 Å². The van der Waals surface area contributed by atoms with E-state index in [1.807, 2.05) is 32.0 Å². The summed E-state index contributed by atoms with van der Waals surface area (Å²) in [5, 5.41) is -0.521. The van der Waals surface area contributed by atoms with Gasteiger partial charge in [0.25, 0.3) is 0 Å². The Balaban J connectivity index is 1.46. The van der Waals surface area contributed by atoms with Crippen LogP contribution in [0.5, 0.6) is 11.6 Å². The molecule has 8 nitrogen and oxygen atoms in total. The van der Waals surface area contributed by atoms with E-state index in [0.29, 0.717) is 33.9 Å². The number of halogens is 1. The van der Waals surface area contributed by atoms with E-state index < -0.39 is 26.3 Å². The average molecular weight is 544 g/mol. The third kappa shape index (κ3) is 4.06. The molecule has 6 rings (SSSR count). The monoisotopic (exact) mass is 543 g/mol. The summed E-state index contributed by atoms with van der Waals surface area (Å²) in [5.74, 6) is 0.227. The van der Waals surface area contributed by atoms with Crippen LogP contribution < -0.4 is 4.74 Å². The highest BCUT2D eigenvalue weighted by Gasteiger charge is 2.43. The molecule has 0 radical (unpaired) electrons. The summed E-state index contributed by atoms with van der Waals surface area (Å²) in [6, 6.07) is 15.3. The Hall–Kier alpha value is -4.18. The van der Waals surface area contributed by atoms with Crippen LogP contribution in [0.15, 0.2) is 71.9 Å². The lowest BCUT2D eigenvalue weighted by Crippen LogP contribution is -2.32. The fourth-order valence-electron chi connectivity index (χ4n) is 5.09. The van der Waals surface area contributed by atoms with E-state index in [1.54, 1.807) is 56.6 Å². The lowest BCUT2D eigenvalue weighted by Gasteiger charge is -2.37. The molecular formula is C29H26FN5O3S. The molecule has 2 aromatic carbocycles. The van der Waals surface area contributed by atoms with Crippen molar-refractivity contribution in [3.05, 3.63) is 89.8 Å². The molecule has 0 spiro atoms. The number of pyridine rings is 1. The normalized spacial score (nSPS) is 15.2. The van der Waals surface area contributed by atoms with E-state index in [-0.39, 0.29) is 22.4 Å². The van der Waals surface area contributed by atoms with Gasteiger partial charge in [-0.3, -0.25) is 0 Å². The van der Waals surface area contributed by atoms with Gasteiger partial charge in [-0.05, 0) is 38.1 Å². The number of ether oxygens (including phenoxy) is 1. The highest BCUT2D eigenvalue weighted by atomic mass is 32.2. The standard InChI is InChI=1S/C29H26FN5O3S/c1-16(2)39(36,37)18-10-8-17(9-11-18)22-13-12-20-23(19-6-5-7-21(30)24(19)38-27(20)33-22)29(3,4)28-34-25-26(35-28)32-15-14-31-25/h5-16,23H,1-4H3,(H,31,32,34,35)/t23-/m0/s1. The molecule has 1 aliphatic rings. The van der Waals surface area contributed by atoms with E-state index in [9.17, 15) is 8.42 Å². The fourth-order valence-corrected chi connectivity index (χ4v) is 6.15. The first-order chi connectivity index (χ1) is 18.6. The molecule has 39 heavy (non-hydrogen) atoms. The molecule has 1 atom stereocenters. The second kappa shape index (κ2) is 8.94. The molecule has 5 aromatic rings. The third-order valence-electron chi connectivity index (χ3n) is 7.27. The average Bonchev–Trinajstić information content (AvgIpc) is 3.37. The summed E-state index contributed by atoms with van der Waals surface area (Å²) in [6.07, 6.45) is 3.19. The SMILES string of the molecule is CC(C)S(=O)(=O)c1ccc(-c2ccc3c(n2)Oc2c(F)cccc2[C@@H]3C(C)(C)c2nc3nccnc3[nH]2)cc1. The summed E-state index contributed by atoms with van der Waals surface area (Å²) in [7, 11) is -3.39. The van der Waals surface area contributed by atoms with Gasteiger partial charge in [0.05, 0.1) is 15.8 Å². The number of H-pyrrole nitrogens is 1. The van der Waals surface area contributed by atoms with Crippen LogP contribution in [-0.4, -0.2) is 38.6 Å². The van der Waals surface area contributed by atoms with Gasteiger partial charge < -0.3 is 9.72 Å². The van der Waals surface area contributed by atoms with E-state index in [0.717, 1.165) is 5.56 Å². The van der Waals surface area contributed by atoms with E-state index >= 15 is 4.39 Å². The number of aromatic nitrogens is 5. The molecule has 0 aliphatic carbocycles. The second-order valence-corrected chi connectivity index (χ2v) is 12.9. The van der Waals surface area contributed by atoms with Gasteiger partial charge in [-0.1, -0.05) is 44.2 Å². The number of fused-ring (bicyclic) bond motifs is 3. The third-order valence-corrected chi connectivity index (χ3v) is 9.44. The van der Waals surface area contributed by atoms with Crippen molar-refractivity contribution in [2.45, 2.75) is 49.2 Å². The van der Waals surface area contributed by atoms with Gasteiger partial charge >= 0.3 is 0 Å². The molecule has 0 unspecified atom stereocenters. The van der Waals surface area contributed by atoms with Crippen LogP contribution in [0.3, 0.4) is 0 Å². The van der Waals surface area contributed by atoms with Gasteiger partial charge in [0.1, 0.15) is 5.82 Å². The Labute approximate surface area is 225 Å². The van der Waals surface area contributed by atoms with Crippen molar-refractivity contribution in [1.29, 1.82) is 0 Å². The Morgan fingerprint density at radius 2 is 1.69 bits per heavy atom. The van der Waals surface area contributed by atoms with Crippen molar-refractivity contribution >= 4 is 21.1 Å². The summed E-state index contributed by atoms with van der Waals surface area (Å²) in [4.78, 5) is 21.6. The minimum atomic E-state index is -3.39. The maximum Gasteiger partial charge on any atom is 0.223 e. The number of imidazole rings is 1. The Kier molecular flexibility index (Phi) is 5.76. The molecular weight excluding hydrogens is 517 g/mol. The molecule has 1 aliphatic heterocycles. The molecule has 0 bridgehead atoms. The number of hydrogen-bond donors (Lipinski definition) is 1. The molecule has 0 fully saturated rings. The van der Waals surface area contributed by atoms with Gasteiger partial charge in [0.15, 0.2) is 32.7 Å².